The van der Waals surface area contributed by atoms with Crippen LogP contribution in [0.3, 0.4) is 0 Å². The van der Waals surface area contributed by atoms with Crippen molar-refractivity contribution in [2.75, 3.05) is 0 Å². The van der Waals surface area contributed by atoms with Gasteiger partial charge in [-0.1, -0.05) is 12.1 Å². The molecule has 5 N–H and O–H groups in total. The predicted octanol–water partition coefficient (Wildman–Crippen LogP) is 0.982. The molecule has 3 rings (SSSR count). The van der Waals surface area contributed by atoms with E-state index in [9.17, 15) is 19.8 Å². The molecule has 1 aliphatic carbocycles. The highest BCUT2D eigenvalue weighted by Gasteiger charge is 2.26. The Morgan fingerprint density at radius 1 is 1.43 bits per heavy atom. The van der Waals surface area contributed by atoms with Gasteiger partial charge in [-0.05, 0) is 37.3 Å². The predicted molar refractivity (Wildman–Crippen MR) is 96.7 cm³/mol. The number of hydrogen-bond acceptors (Lipinski definition) is 8. The number of carboxylic acid groups (broad SMARTS) is 1. The van der Waals surface area contributed by atoms with E-state index in [2.05, 4.69) is 20.4 Å². The maximum atomic E-state index is 12.4. The topological polar surface area (TPSA) is 164 Å². The third kappa shape index (κ3) is 4.52. The van der Waals surface area contributed by atoms with Crippen molar-refractivity contribution in [3.05, 3.63) is 35.5 Å². The molecular formula is C18H21N5O5. The van der Waals surface area contributed by atoms with Crippen molar-refractivity contribution in [1.82, 2.24) is 20.4 Å². The third-order valence-electron chi connectivity index (χ3n) is 4.51. The molecule has 10 heteroatoms. The van der Waals surface area contributed by atoms with Gasteiger partial charge < -0.3 is 25.8 Å². The summed E-state index contributed by atoms with van der Waals surface area (Å²) >= 11 is 0. The molecule has 1 amide bonds. The number of nitrogens with one attached hydrogen (secondary N) is 1. The van der Waals surface area contributed by atoms with Gasteiger partial charge in [0.25, 0.3) is 0 Å². The quantitative estimate of drug-likeness (QED) is 0.565. The van der Waals surface area contributed by atoms with Crippen LogP contribution in [0.2, 0.25) is 0 Å². The number of hydrogen-bond donors (Lipinski definition) is 4. The molecule has 2 aromatic rings. The van der Waals surface area contributed by atoms with Crippen LogP contribution in [-0.4, -0.2) is 43.3 Å². The number of allylic oxidation sites excluding steroid dienone is 1. The lowest BCUT2D eigenvalue weighted by Crippen LogP contribution is -2.42. The Morgan fingerprint density at radius 2 is 2.21 bits per heavy atom. The molecule has 2 heterocycles. The first-order valence-corrected chi connectivity index (χ1v) is 8.83. The molecule has 1 aliphatic rings. The molecule has 0 bridgehead atoms. The normalized spacial score (nSPS) is 18.0. The fourth-order valence-corrected chi connectivity index (χ4v) is 2.95. The summed E-state index contributed by atoms with van der Waals surface area (Å²) in [6.45, 7) is 1.98. The van der Waals surface area contributed by atoms with Crippen LogP contribution >= 0.6 is 0 Å². The van der Waals surface area contributed by atoms with Crippen LogP contribution in [0.5, 0.6) is 5.75 Å². The number of carboxylic acids is 1. The van der Waals surface area contributed by atoms with Gasteiger partial charge in [0.05, 0.1) is 24.2 Å². The summed E-state index contributed by atoms with van der Waals surface area (Å²) in [6.07, 6.45) is 2.94. The molecule has 2 atom stereocenters. The molecule has 28 heavy (non-hydrogen) atoms. The Bertz CT molecular complexity index is 905. The van der Waals surface area contributed by atoms with Crippen molar-refractivity contribution < 1.29 is 24.3 Å². The van der Waals surface area contributed by atoms with Gasteiger partial charge in [0.2, 0.25) is 17.6 Å². The number of pyridine rings is 1. The first-order chi connectivity index (χ1) is 13.3. The first-order valence-electron chi connectivity index (χ1n) is 8.83. The van der Waals surface area contributed by atoms with Crippen LogP contribution < -0.4 is 11.1 Å². The fourth-order valence-electron chi connectivity index (χ4n) is 2.95. The maximum Gasteiger partial charge on any atom is 0.333 e. The lowest BCUT2D eigenvalue weighted by atomic mass is 9.88. The molecule has 148 valence electrons. The average molecular weight is 387 g/mol. The summed E-state index contributed by atoms with van der Waals surface area (Å²) in [7, 11) is 0. The summed E-state index contributed by atoms with van der Waals surface area (Å²) in [5, 5.41) is 25.0. The van der Waals surface area contributed by atoms with Crippen molar-refractivity contribution in [2.45, 2.75) is 38.6 Å². The zero-order chi connectivity index (χ0) is 20.3. The van der Waals surface area contributed by atoms with E-state index < -0.39 is 17.9 Å². The Hall–Kier alpha value is -3.27. The number of amides is 1. The number of aromatic hydroxyl groups is 1. The molecule has 0 saturated heterocycles. The van der Waals surface area contributed by atoms with Crippen molar-refractivity contribution in [3.8, 4) is 17.3 Å². The lowest BCUT2D eigenvalue weighted by Gasteiger charge is -2.23. The van der Waals surface area contributed by atoms with Crippen LogP contribution in [0.4, 0.5) is 0 Å². The number of nitrogens with two attached hydrogens (primary N) is 1. The molecule has 0 spiro atoms. The summed E-state index contributed by atoms with van der Waals surface area (Å²) in [6, 6.07) is 1.99. The van der Waals surface area contributed by atoms with Crippen LogP contribution in [-0.2, 0) is 16.0 Å². The van der Waals surface area contributed by atoms with E-state index in [1.165, 1.54) is 18.3 Å². The molecule has 0 radical (unpaired) electrons. The van der Waals surface area contributed by atoms with E-state index >= 15 is 0 Å². The molecule has 0 fully saturated rings. The van der Waals surface area contributed by atoms with E-state index in [0.29, 0.717) is 24.2 Å². The zero-order valence-electron chi connectivity index (χ0n) is 15.3. The van der Waals surface area contributed by atoms with Crippen LogP contribution in [0.25, 0.3) is 11.5 Å². The number of carbonyl (C=O) groups excluding carboxylic acids is 1. The van der Waals surface area contributed by atoms with E-state index in [4.69, 9.17) is 10.3 Å². The lowest BCUT2D eigenvalue weighted by molar-refractivity contribution is -0.133. The highest BCUT2D eigenvalue weighted by atomic mass is 16.5. The zero-order valence-corrected chi connectivity index (χ0v) is 15.3. The van der Waals surface area contributed by atoms with Gasteiger partial charge in [-0.3, -0.25) is 4.79 Å². The molecule has 2 aromatic heterocycles. The van der Waals surface area contributed by atoms with Crippen molar-refractivity contribution >= 4 is 11.9 Å². The average Bonchev–Trinajstić information content (AvgIpc) is 3.12. The molecule has 0 aliphatic heterocycles. The van der Waals surface area contributed by atoms with Crippen molar-refractivity contribution in [3.63, 3.8) is 0 Å². The monoisotopic (exact) mass is 387 g/mol. The van der Waals surface area contributed by atoms with E-state index in [1.54, 1.807) is 0 Å². The van der Waals surface area contributed by atoms with E-state index in [0.717, 1.165) is 6.42 Å². The largest absolute Gasteiger partial charge is 0.506 e. The first kappa shape index (κ1) is 19.5. The molecule has 0 saturated carbocycles. The number of aromatic nitrogens is 3. The molecular weight excluding hydrogens is 366 g/mol. The minimum Gasteiger partial charge on any atom is -0.506 e. The SMILES string of the molecule is CC1CCC(NC(=O)[C@@H](N)Cc2nc(-c3ccc(O)cn3)no2)=C(C(=O)O)C1. The summed E-state index contributed by atoms with van der Waals surface area (Å²) < 4.78 is 5.10. The highest BCUT2D eigenvalue weighted by molar-refractivity contribution is 5.90. The highest BCUT2D eigenvalue weighted by Crippen LogP contribution is 2.28. The minimum absolute atomic E-state index is 0.0109. The summed E-state index contributed by atoms with van der Waals surface area (Å²) in [5.74, 6) is -0.912. The molecule has 10 nitrogen and oxygen atoms in total. The van der Waals surface area contributed by atoms with Crippen LogP contribution in [0.15, 0.2) is 34.1 Å². The van der Waals surface area contributed by atoms with Gasteiger partial charge >= 0.3 is 5.97 Å². The second kappa shape index (κ2) is 8.17. The summed E-state index contributed by atoms with van der Waals surface area (Å²) in [5.41, 5.74) is 6.95. The maximum absolute atomic E-state index is 12.4. The van der Waals surface area contributed by atoms with Crippen LogP contribution in [0, 0.1) is 5.92 Å². The van der Waals surface area contributed by atoms with Crippen molar-refractivity contribution in [1.29, 1.82) is 0 Å². The van der Waals surface area contributed by atoms with Gasteiger partial charge in [0.1, 0.15) is 11.4 Å². The van der Waals surface area contributed by atoms with Gasteiger partial charge in [-0.15, -0.1) is 0 Å². The van der Waals surface area contributed by atoms with E-state index in [1.807, 2.05) is 6.92 Å². The Balaban J connectivity index is 1.65. The molecule has 1 unspecified atom stereocenters. The van der Waals surface area contributed by atoms with Crippen LogP contribution in [0.1, 0.15) is 32.1 Å². The Morgan fingerprint density at radius 3 is 2.89 bits per heavy atom. The second-order valence-corrected chi connectivity index (χ2v) is 6.82. The van der Waals surface area contributed by atoms with Crippen molar-refractivity contribution in [2.24, 2.45) is 11.7 Å². The second-order valence-electron chi connectivity index (χ2n) is 6.82. The number of rotatable bonds is 6. The third-order valence-corrected chi connectivity index (χ3v) is 4.51. The molecule has 0 aromatic carbocycles. The standard InChI is InChI=1S/C18H21N5O5/c1-9-2-4-13(11(6-9)18(26)27)21-17(25)12(19)7-15-22-16(23-28-15)14-5-3-10(24)8-20-14/h3,5,8-9,12,24H,2,4,6-7,19H2,1H3,(H,21,25)(H,26,27)/t9?,12-/m0/s1. The van der Waals surface area contributed by atoms with Gasteiger partial charge in [0.15, 0.2) is 0 Å². The number of nitrogens with zero attached hydrogens (tertiary/aromatic N) is 3. The minimum atomic E-state index is -1.03. The number of aliphatic carboxylic acids is 1. The summed E-state index contributed by atoms with van der Waals surface area (Å²) in [4.78, 5) is 31.9. The van der Waals surface area contributed by atoms with E-state index in [-0.39, 0.29) is 35.4 Å². The number of carbonyl (C=O) groups is 2. The Labute approximate surface area is 160 Å². The van der Waals surface area contributed by atoms with Gasteiger partial charge in [-0.25, -0.2) is 9.78 Å². The van der Waals surface area contributed by atoms with Gasteiger partial charge in [0, 0.05) is 5.70 Å². The van der Waals surface area contributed by atoms with Gasteiger partial charge in [-0.2, -0.15) is 4.98 Å². The Kier molecular flexibility index (Phi) is 5.69. The fraction of sp³-hybridized carbons (Fsp3) is 0.389. The smallest absolute Gasteiger partial charge is 0.333 e.